The molecule has 0 radical (unpaired) electrons. The average Bonchev–Trinajstić information content (AvgIpc) is 3.33. The van der Waals surface area contributed by atoms with Crippen LogP contribution in [0.4, 0.5) is 0 Å². The zero-order valence-electron chi connectivity index (χ0n) is 44.2. The van der Waals surface area contributed by atoms with E-state index < -0.39 is 6.10 Å². The van der Waals surface area contributed by atoms with Crippen molar-refractivity contribution >= 4 is 17.9 Å². The SMILES string of the molecule is CC/C=C\C/C=C\C/C=C\C/C=C\C/C=C\CCCC(=O)OC[C@@H](COC(=O)CCCCCCCCCCCCCCCCCC)OC(=O)CCCCCCC/C=C\CCCCCCCCC. The summed E-state index contributed by atoms with van der Waals surface area (Å²) in [6, 6.07) is 0. The van der Waals surface area contributed by atoms with Crippen molar-refractivity contribution in [2.75, 3.05) is 13.2 Å². The number of hydrogen-bond acceptors (Lipinski definition) is 6. The van der Waals surface area contributed by atoms with Crippen LogP contribution in [-0.2, 0) is 28.6 Å². The Morgan fingerprint density at radius 3 is 0.985 bits per heavy atom. The van der Waals surface area contributed by atoms with Gasteiger partial charge in [-0.15, -0.1) is 0 Å². The lowest BCUT2D eigenvalue weighted by Crippen LogP contribution is -2.30. The number of carbonyl (C=O) groups is 3. The van der Waals surface area contributed by atoms with Gasteiger partial charge in [0.2, 0.25) is 0 Å². The lowest BCUT2D eigenvalue weighted by Gasteiger charge is -2.18. The second-order valence-corrected chi connectivity index (χ2v) is 18.8. The molecule has 0 rings (SSSR count). The molecule has 0 heterocycles. The van der Waals surface area contributed by atoms with Gasteiger partial charge in [-0.25, -0.2) is 0 Å². The summed E-state index contributed by atoms with van der Waals surface area (Å²) in [6.45, 7) is 6.49. The summed E-state index contributed by atoms with van der Waals surface area (Å²) in [5.41, 5.74) is 0. The van der Waals surface area contributed by atoms with Crippen LogP contribution in [0.1, 0.15) is 278 Å². The maximum atomic E-state index is 12.8. The van der Waals surface area contributed by atoms with Gasteiger partial charge in [0.15, 0.2) is 6.10 Å². The third kappa shape index (κ3) is 53.7. The number of hydrogen-bond donors (Lipinski definition) is 0. The van der Waals surface area contributed by atoms with Gasteiger partial charge < -0.3 is 14.2 Å². The molecule has 0 N–H and O–H groups in total. The fraction of sp³-hybridized carbons (Fsp3) is 0.754. The van der Waals surface area contributed by atoms with Crippen molar-refractivity contribution in [1.82, 2.24) is 0 Å². The van der Waals surface area contributed by atoms with Crippen molar-refractivity contribution < 1.29 is 28.6 Å². The van der Waals surface area contributed by atoms with Gasteiger partial charge in [0, 0.05) is 19.3 Å². The van der Waals surface area contributed by atoms with Crippen LogP contribution in [0.15, 0.2) is 72.9 Å². The summed E-state index contributed by atoms with van der Waals surface area (Å²) in [4.78, 5) is 38.1. The van der Waals surface area contributed by atoms with E-state index >= 15 is 0 Å². The van der Waals surface area contributed by atoms with Crippen molar-refractivity contribution in [2.24, 2.45) is 0 Å². The smallest absolute Gasteiger partial charge is 0.306 e. The summed E-state index contributed by atoms with van der Waals surface area (Å²) in [7, 11) is 0. The summed E-state index contributed by atoms with van der Waals surface area (Å²) >= 11 is 0. The van der Waals surface area contributed by atoms with E-state index in [2.05, 4.69) is 93.7 Å². The normalized spacial score (nSPS) is 12.6. The molecule has 0 bridgehead atoms. The van der Waals surface area contributed by atoms with E-state index in [0.29, 0.717) is 19.3 Å². The zero-order valence-corrected chi connectivity index (χ0v) is 44.2. The van der Waals surface area contributed by atoms with Crippen LogP contribution in [0.25, 0.3) is 0 Å². The summed E-state index contributed by atoms with van der Waals surface area (Å²) in [6.07, 6.45) is 70.4. The lowest BCUT2D eigenvalue weighted by molar-refractivity contribution is -0.167. The minimum atomic E-state index is -0.801. The molecular weight excluding hydrogens is 829 g/mol. The van der Waals surface area contributed by atoms with Crippen molar-refractivity contribution in [3.8, 4) is 0 Å². The van der Waals surface area contributed by atoms with Gasteiger partial charge in [0.1, 0.15) is 13.2 Å². The molecule has 1 atom stereocenters. The number of carbonyl (C=O) groups excluding carboxylic acids is 3. The molecule has 0 aromatic rings. The molecule has 0 saturated heterocycles. The second kappa shape index (κ2) is 55.4. The largest absolute Gasteiger partial charge is 0.462 e. The summed E-state index contributed by atoms with van der Waals surface area (Å²) in [5, 5.41) is 0. The van der Waals surface area contributed by atoms with E-state index in [1.54, 1.807) is 0 Å². The van der Waals surface area contributed by atoms with Crippen LogP contribution in [0, 0.1) is 0 Å². The number of esters is 3. The Hall–Kier alpha value is -3.15. The minimum absolute atomic E-state index is 0.0940. The Morgan fingerprint density at radius 2 is 0.597 bits per heavy atom. The van der Waals surface area contributed by atoms with Crippen molar-refractivity contribution in [1.29, 1.82) is 0 Å². The van der Waals surface area contributed by atoms with Gasteiger partial charge in [-0.3, -0.25) is 14.4 Å². The number of rotatable bonds is 51. The first-order chi connectivity index (χ1) is 33.0. The Kier molecular flexibility index (Phi) is 52.8. The van der Waals surface area contributed by atoms with Crippen molar-refractivity contribution in [3.63, 3.8) is 0 Å². The van der Waals surface area contributed by atoms with Crippen LogP contribution in [0.2, 0.25) is 0 Å². The zero-order chi connectivity index (χ0) is 48.6. The topological polar surface area (TPSA) is 78.9 Å². The van der Waals surface area contributed by atoms with Crippen LogP contribution < -0.4 is 0 Å². The first kappa shape index (κ1) is 63.8. The van der Waals surface area contributed by atoms with Crippen LogP contribution in [0.3, 0.4) is 0 Å². The molecule has 0 unspecified atom stereocenters. The van der Waals surface area contributed by atoms with E-state index in [1.165, 1.54) is 141 Å². The predicted molar refractivity (Wildman–Crippen MR) is 288 cm³/mol. The standard InChI is InChI=1S/C61H106O6/c1-4-7-10-13-16-19-22-25-28-31-34-36-39-42-45-48-51-54-60(63)66-57-58(67-61(64)55-52-49-46-43-40-37-33-30-27-24-21-18-15-12-9-6-3)56-65-59(62)53-50-47-44-41-38-35-32-29-26-23-20-17-14-11-8-5-2/h7,10,16,19,25,28,30,33-34,36,42,45,58H,4-6,8-9,11-15,17-18,20-24,26-27,29,31-32,35,37-41,43-44,46-57H2,1-3H3/b10-7-,19-16-,28-25-,33-30-,36-34-,45-42-/t58-/m1/s1. The van der Waals surface area contributed by atoms with Gasteiger partial charge in [0.05, 0.1) is 0 Å². The highest BCUT2D eigenvalue weighted by Crippen LogP contribution is 2.16. The van der Waals surface area contributed by atoms with E-state index in [9.17, 15) is 14.4 Å². The van der Waals surface area contributed by atoms with E-state index in [0.717, 1.165) is 89.9 Å². The molecule has 6 heteroatoms. The first-order valence-electron chi connectivity index (χ1n) is 28.4. The maximum Gasteiger partial charge on any atom is 0.306 e. The maximum absolute atomic E-state index is 12.8. The van der Waals surface area contributed by atoms with E-state index in [-0.39, 0.29) is 37.5 Å². The lowest BCUT2D eigenvalue weighted by atomic mass is 10.0. The highest BCUT2D eigenvalue weighted by Gasteiger charge is 2.19. The first-order valence-corrected chi connectivity index (χ1v) is 28.4. The van der Waals surface area contributed by atoms with Crippen LogP contribution in [-0.4, -0.2) is 37.2 Å². The fourth-order valence-electron chi connectivity index (χ4n) is 7.94. The third-order valence-electron chi connectivity index (χ3n) is 12.2. The molecule has 6 nitrogen and oxygen atoms in total. The molecule has 0 aliphatic rings. The molecule has 386 valence electrons. The van der Waals surface area contributed by atoms with E-state index in [4.69, 9.17) is 14.2 Å². The predicted octanol–water partition coefficient (Wildman–Crippen LogP) is 19.0. The summed E-state index contributed by atoms with van der Waals surface area (Å²) in [5.74, 6) is -0.954. The van der Waals surface area contributed by atoms with Gasteiger partial charge >= 0.3 is 17.9 Å². The second-order valence-electron chi connectivity index (χ2n) is 18.8. The van der Waals surface area contributed by atoms with Crippen molar-refractivity contribution in [3.05, 3.63) is 72.9 Å². The Labute approximate surface area is 414 Å². The van der Waals surface area contributed by atoms with Crippen LogP contribution >= 0.6 is 0 Å². The summed E-state index contributed by atoms with van der Waals surface area (Å²) < 4.78 is 16.8. The molecule has 0 aliphatic carbocycles. The highest BCUT2D eigenvalue weighted by molar-refractivity contribution is 5.71. The molecule has 0 fully saturated rings. The number of allylic oxidation sites excluding steroid dienone is 12. The third-order valence-corrected chi connectivity index (χ3v) is 12.2. The molecule has 67 heavy (non-hydrogen) atoms. The fourth-order valence-corrected chi connectivity index (χ4v) is 7.94. The van der Waals surface area contributed by atoms with Crippen molar-refractivity contribution in [2.45, 2.75) is 284 Å². The number of ether oxygens (including phenoxy) is 3. The highest BCUT2D eigenvalue weighted by atomic mass is 16.6. The van der Waals surface area contributed by atoms with Gasteiger partial charge in [-0.1, -0.05) is 248 Å². The average molecular weight is 936 g/mol. The minimum Gasteiger partial charge on any atom is -0.462 e. The van der Waals surface area contributed by atoms with E-state index in [1.807, 2.05) is 0 Å². The Morgan fingerprint density at radius 1 is 0.313 bits per heavy atom. The molecule has 0 spiro atoms. The molecular formula is C61H106O6. The quantitative estimate of drug-likeness (QED) is 0.0262. The van der Waals surface area contributed by atoms with Gasteiger partial charge in [-0.05, 0) is 83.5 Å². The monoisotopic (exact) mass is 935 g/mol. The Balaban J connectivity index is 4.46. The molecule has 0 saturated carbocycles. The Bertz CT molecular complexity index is 1260. The molecule has 0 amide bonds. The number of unbranched alkanes of at least 4 members (excludes halogenated alkanes) is 28. The van der Waals surface area contributed by atoms with Crippen LogP contribution in [0.5, 0.6) is 0 Å². The van der Waals surface area contributed by atoms with Gasteiger partial charge in [0.25, 0.3) is 0 Å². The molecule has 0 aliphatic heterocycles. The molecule has 0 aromatic carbocycles. The van der Waals surface area contributed by atoms with Gasteiger partial charge in [-0.2, -0.15) is 0 Å². The molecule has 0 aromatic heterocycles.